The second-order valence-electron chi connectivity index (χ2n) is 5.41. The van der Waals surface area contributed by atoms with Gasteiger partial charge in [0.2, 0.25) is 5.91 Å². The minimum absolute atomic E-state index is 0.0166. The molecule has 2 rings (SSSR count). The second kappa shape index (κ2) is 5.94. The Hall–Kier alpha value is -2.04. The maximum atomic E-state index is 12.3. The standard InChI is InChI=1S/C15H19NO4/c1-16(9-10-3-2-4-13(17)7-10)14(18)11-5-6-12(8-11)15(19)20/h2-4,7,11-12,17H,5-6,8-9H2,1H3,(H,19,20). The summed E-state index contributed by atoms with van der Waals surface area (Å²) < 4.78 is 0. The van der Waals surface area contributed by atoms with E-state index < -0.39 is 11.9 Å². The summed E-state index contributed by atoms with van der Waals surface area (Å²) in [4.78, 5) is 24.8. The molecule has 0 bridgehead atoms. The molecule has 1 amide bonds. The number of aromatic hydroxyl groups is 1. The van der Waals surface area contributed by atoms with Crippen molar-refractivity contribution < 1.29 is 19.8 Å². The number of carbonyl (C=O) groups excluding carboxylic acids is 1. The first-order chi connectivity index (χ1) is 9.47. The summed E-state index contributed by atoms with van der Waals surface area (Å²) in [5, 5.41) is 18.4. The normalized spacial score (nSPS) is 21.6. The Morgan fingerprint density at radius 1 is 1.30 bits per heavy atom. The summed E-state index contributed by atoms with van der Waals surface area (Å²) >= 11 is 0. The van der Waals surface area contributed by atoms with Crippen molar-refractivity contribution in [1.82, 2.24) is 4.90 Å². The lowest BCUT2D eigenvalue weighted by Gasteiger charge is -2.21. The van der Waals surface area contributed by atoms with Crippen LogP contribution in [0.15, 0.2) is 24.3 Å². The number of nitrogens with zero attached hydrogens (tertiary/aromatic N) is 1. The van der Waals surface area contributed by atoms with Crippen molar-refractivity contribution in [1.29, 1.82) is 0 Å². The van der Waals surface area contributed by atoms with Gasteiger partial charge in [-0.25, -0.2) is 0 Å². The molecule has 0 aromatic heterocycles. The van der Waals surface area contributed by atoms with E-state index in [1.807, 2.05) is 6.07 Å². The van der Waals surface area contributed by atoms with E-state index in [9.17, 15) is 14.7 Å². The molecular weight excluding hydrogens is 258 g/mol. The number of rotatable bonds is 4. The number of phenolic OH excluding ortho intramolecular Hbond substituents is 1. The average Bonchev–Trinajstić information content (AvgIpc) is 2.87. The van der Waals surface area contributed by atoms with Crippen molar-refractivity contribution in [2.45, 2.75) is 25.8 Å². The fraction of sp³-hybridized carbons (Fsp3) is 0.467. The summed E-state index contributed by atoms with van der Waals surface area (Å²) in [5.74, 6) is -1.24. The molecule has 0 aliphatic heterocycles. The number of hydrogen-bond acceptors (Lipinski definition) is 3. The number of amides is 1. The molecule has 5 nitrogen and oxygen atoms in total. The zero-order valence-corrected chi connectivity index (χ0v) is 11.5. The van der Waals surface area contributed by atoms with Crippen LogP contribution in [0, 0.1) is 11.8 Å². The Kier molecular flexibility index (Phi) is 4.27. The predicted octanol–water partition coefficient (Wildman–Crippen LogP) is 1.85. The Bertz CT molecular complexity index is 514. The number of hydrogen-bond donors (Lipinski definition) is 2. The van der Waals surface area contributed by atoms with E-state index in [1.165, 1.54) is 0 Å². The molecule has 20 heavy (non-hydrogen) atoms. The summed E-state index contributed by atoms with van der Waals surface area (Å²) in [6.45, 7) is 0.418. The number of carboxylic acid groups (broad SMARTS) is 1. The lowest BCUT2D eigenvalue weighted by atomic mass is 10.0. The van der Waals surface area contributed by atoms with Gasteiger partial charge in [0.1, 0.15) is 5.75 Å². The van der Waals surface area contributed by atoms with E-state index in [1.54, 1.807) is 30.1 Å². The third-order valence-corrected chi connectivity index (χ3v) is 3.84. The molecule has 1 saturated carbocycles. The highest BCUT2D eigenvalue weighted by Gasteiger charge is 2.35. The molecule has 1 aromatic rings. The van der Waals surface area contributed by atoms with Crippen molar-refractivity contribution in [2.24, 2.45) is 11.8 Å². The van der Waals surface area contributed by atoms with Crippen LogP contribution in [-0.2, 0) is 16.1 Å². The van der Waals surface area contributed by atoms with Crippen LogP contribution in [0.5, 0.6) is 5.75 Å². The van der Waals surface area contributed by atoms with Crippen LogP contribution in [0.3, 0.4) is 0 Å². The van der Waals surface area contributed by atoms with Crippen molar-refractivity contribution >= 4 is 11.9 Å². The number of aliphatic carboxylic acids is 1. The third-order valence-electron chi connectivity index (χ3n) is 3.84. The minimum Gasteiger partial charge on any atom is -0.508 e. The molecule has 1 aliphatic carbocycles. The Labute approximate surface area is 117 Å². The molecule has 2 atom stereocenters. The topological polar surface area (TPSA) is 77.8 Å². The van der Waals surface area contributed by atoms with Crippen molar-refractivity contribution in [3.05, 3.63) is 29.8 Å². The number of phenols is 1. The van der Waals surface area contributed by atoms with E-state index in [4.69, 9.17) is 5.11 Å². The SMILES string of the molecule is CN(Cc1cccc(O)c1)C(=O)C1CCC(C(=O)O)C1. The molecule has 1 aliphatic rings. The van der Waals surface area contributed by atoms with Gasteiger partial charge in [-0.3, -0.25) is 9.59 Å². The summed E-state index contributed by atoms with van der Waals surface area (Å²) in [5.41, 5.74) is 0.855. The lowest BCUT2D eigenvalue weighted by molar-refractivity contribution is -0.141. The average molecular weight is 277 g/mol. The van der Waals surface area contributed by atoms with Crippen LogP contribution < -0.4 is 0 Å². The maximum absolute atomic E-state index is 12.3. The van der Waals surface area contributed by atoms with Crippen LogP contribution in [0.4, 0.5) is 0 Å². The van der Waals surface area contributed by atoms with Crippen molar-refractivity contribution in [2.75, 3.05) is 7.05 Å². The fourth-order valence-electron chi connectivity index (χ4n) is 2.75. The first-order valence-electron chi connectivity index (χ1n) is 6.73. The quantitative estimate of drug-likeness (QED) is 0.880. The zero-order valence-electron chi connectivity index (χ0n) is 11.5. The highest BCUT2D eigenvalue weighted by molar-refractivity contribution is 5.80. The van der Waals surface area contributed by atoms with Crippen LogP contribution in [-0.4, -0.2) is 34.0 Å². The van der Waals surface area contributed by atoms with Gasteiger partial charge >= 0.3 is 5.97 Å². The molecule has 1 aromatic carbocycles. The number of carbonyl (C=O) groups is 2. The monoisotopic (exact) mass is 277 g/mol. The van der Waals surface area contributed by atoms with Gasteiger partial charge in [-0.2, -0.15) is 0 Å². The van der Waals surface area contributed by atoms with E-state index in [2.05, 4.69) is 0 Å². The van der Waals surface area contributed by atoms with Gasteiger partial charge < -0.3 is 15.1 Å². The molecular formula is C15H19NO4. The zero-order chi connectivity index (χ0) is 14.7. The Morgan fingerprint density at radius 3 is 2.60 bits per heavy atom. The van der Waals surface area contributed by atoms with Crippen LogP contribution >= 0.6 is 0 Å². The minimum atomic E-state index is -0.809. The van der Waals surface area contributed by atoms with Gasteiger partial charge in [0.25, 0.3) is 0 Å². The smallest absolute Gasteiger partial charge is 0.306 e. The van der Waals surface area contributed by atoms with Gasteiger partial charge in [0.15, 0.2) is 0 Å². The highest BCUT2D eigenvalue weighted by Crippen LogP contribution is 2.32. The van der Waals surface area contributed by atoms with Crippen LogP contribution in [0.1, 0.15) is 24.8 Å². The summed E-state index contributed by atoms with van der Waals surface area (Å²) in [6.07, 6.45) is 1.64. The molecule has 2 N–H and O–H groups in total. The molecule has 1 fully saturated rings. The van der Waals surface area contributed by atoms with Gasteiger partial charge in [-0.1, -0.05) is 12.1 Å². The molecule has 5 heteroatoms. The van der Waals surface area contributed by atoms with Crippen molar-refractivity contribution in [3.8, 4) is 5.75 Å². The molecule has 2 unspecified atom stereocenters. The molecule has 0 saturated heterocycles. The Balaban J connectivity index is 1.94. The lowest BCUT2D eigenvalue weighted by Crippen LogP contribution is -2.31. The van der Waals surface area contributed by atoms with E-state index in [-0.39, 0.29) is 17.6 Å². The fourth-order valence-corrected chi connectivity index (χ4v) is 2.75. The molecule has 0 radical (unpaired) electrons. The second-order valence-corrected chi connectivity index (χ2v) is 5.41. The first kappa shape index (κ1) is 14.4. The van der Waals surface area contributed by atoms with Crippen LogP contribution in [0.25, 0.3) is 0 Å². The van der Waals surface area contributed by atoms with Gasteiger partial charge in [0.05, 0.1) is 5.92 Å². The summed E-state index contributed by atoms with van der Waals surface area (Å²) in [7, 11) is 1.71. The predicted molar refractivity (Wildman–Crippen MR) is 73.0 cm³/mol. The number of benzene rings is 1. The van der Waals surface area contributed by atoms with E-state index in [0.29, 0.717) is 25.8 Å². The third kappa shape index (κ3) is 3.29. The molecule has 0 heterocycles. The highest BCUT2D eigenvalue weighted by atomic mass is 16.4. The van der Waals surface area contributed by atoms with Gasteiger partial charge in [-0.15, -0.1) is 0 Å². The summed E-state index contributed by atoms with van der Waals surface area (Å²) in [6, 6.07) is 6.79. The first-order valence-corrected chi connectivity index (χ1v) is 6.73. The van der Waals surface area contributed by atoms with Gasteiger partial charge in [-0.05, 0) is 37.0 Å². The number of carboxylic acids is 1. The largest absolute Gasteiger partial charge is 0.508 e. The van der Waals surface area contributed by atoms with Gasteiger partial charge in [0, 0.05) is 19.5 Å². The van der Waals surface area contributed by atoms with E-state index in [0.717, 1.165) is 5.56 Å². The van der Waals surface area contributed by atoms with Crippen molar-refractivity contribution in [3.63, 3.8) is 0 Å². The maximum Gasteiger partial charge on any atom is 0.306 e. The molecule has 0 spiro atoms. The Morgan fingerprint density at radius 2 is 2.00 bits per heavy atom. The van der Waals surface area contributed by atoms with Crippen LogP contribution in [0.2, 0.25) is 0 Å². The molecule has 108 valence electrons. The van der Waals surface area contributed by atoms with E-state index >= 15 is 0 Å².